The second-order valence-corrected chi connectivity index (χ2v) is 4.80. The molecule has 0 heterocycles. The van der Waals surface area contributed by atoms with Crippen LogP contribution in [0.5, 0.6) is 0 Å². The van der Waals surface area contributed by atoms with Gasteiger partial charge in [0.1, 0.15) is 0 Å². The first-order valence-corrected chi connectivity index (χ1v) is 5.67. The number of nitrogens with zero attached hydrogens (tertiary/aromatic N) is 1. The molecule has 0 aromatic heterocycles. The van der Waals surface area contributed by atoms with Gasteiger partial charge in [0.05, 0.1) is 4.92 Å². The first kappa shape index (κ1) is 11.9. The van der Waals surface area contributed by atoms with E-state index < -0.39 is 25.6 Å². The number of benzene rings is 1. The maximum absolute atomic E-state index is 10.9. The molecule has 0 spiro atoms. The summed E-state index contributed by atoms with van der Waals surface area (Å²) < 4.78 is 30.4. The number of nitrogens with two attached hydrogens (primary N) is 1. The summed E-state index contributed by atoms with van der Waals surface area (Å²) in [6, 6.07) is 2.00. The quantitative estimate of drug-likeness (QED) is 0.365. The minimum atomic E-state index is -4.67. The zero-order valence-corrected chi connectivity index (χ0v) is 9.45. The van der Waals surface area contributed by atoms with Gasteiger partial charge in [-0.2, -0.15) is 8.42 Å². The summed E-state index contributed by atoms with van der Waals surface area (Å²) in [6.45, 7) is 0. The molecule has 0 atom stereocenters. The molecule has 0 aliphatic rings. The van der Waals surface area contributed by atoms with Gasteiger partial charge in [-0.05, 0) is 22.0 Å². The van der Waals surface area contributed by atoms with Gasteiger partial charge in [0, 0.05) is 16.2 Å². The molecule has 1 rings (SSSR count). The van der Waals surface area contributed by atoms with Gasteiger partial charge in [-0.15, -0.1) is 0 Å². The first-order chi connectivity index (χ1) is 6.73. The summed E-state index contributed by atoms with van der Waals surface area (Å²) in [5.74, 6) is 0. The van der Waals surface area contributed by atoms with Crippen LogP contribution in [0, 0.1) is 10.1 Å². The van der Waals surface area contributed by atoms with E-state index in [9.17, 15) is 18.5 Å². The number of halogens is 1. The van der Waals surface area contributed by atoms with Crippen LogP contribution in [-0.4, -0.2) is 17.9 Å². The van der Waals surface area contributed by atoms with Crippen molar-refractivity contribution in [3.05, 3.63) is 26.7 Å². The lowest BCUT2D eigenvalue weighted by atomic mass is 10.3. The molecule has 1 aromatic carbocycles. The van der Waals surface area contributed by atoms with E-state index in [1.54, 1.807) is 0 Å². The smallest absolute Gasteiger partial charge is 0.302 e. The molecule has 0 unspecified atom stereocenters. The minimum Gasteiger partial charge on any atom is -0.398 e. The van der Waals surface area contributed by atoms with Crippen molar-refractivity contribution in [2.45, 2.75) is 4.90 Å². The molecule has 0 amide bonds. The van der Waals surface area contributed by atoms with E-state index in [1.165, 1.54) is 0 Å². The number of hydrogen-bond acceptors (Lipinski definition) is 5. The summed E-state index contributed by atoms with van der Waals surface area (Å²) in [5, 5.41) is 10.5. The number of rotatable bonds is 2. The Kier molecular flexibility index (Phi) is 2.98. The average molecular weight is 297 g/mol. The molecular weight excluding hydrogens is 292 g/mol. The predicted molar refractivity (Wildman–Crippen MR) is 55.0 cm³/mol. The molecule has 0 aliphatic carbocycles. The topological polar surface area (TPSA) is 124 Å². The molecule has 3 N–H and O–H groups in total. The first-order valence-electron chi connectivity index (χ1n) is 3.44. The van der Waals surface area contributed by atoms with Crippen molar-refractivity contribution in [1.29, 1.82) is 0 Å². The van der Waals surface area contributed by atoms with Crippen LogP contribution in [0.3, 0.4) is 0 Å². The van der Waals surface area contributed by atoms with E-state index in [4.69, 9.17) is 10.3 Å². The van der Waals surface area contributed by atoms with Gasteiger partial charge in [0.15, 0.2) is 4.90 Å². The number of anilines is 1. The fourth-order valence-electron chi connectivity index (χ4n) is 0.990. The summed E-state index contributed by atoms with van der Waals surface area (Å²) in [5.41, 5.74) is 4.54. The van der Waals surface area contributed by atoms with Crippen LogP contribution in [0.15, 0.2) is 21.5 Å². The lowest BCUT2D eigenvalue weighted by molar-refractivity contribution is -0.387. The second-order valence-electron chi connectivity index (χ2n) is 2.58. The maximum Gasteiger partial charge on any atom is 0.302 e. The van der Waals surface area contributed by atoms with Crippen LogP contribution in [0.1, 0.15) is 0 Å². The van der Waals surface area contributed by atoms with E-state index in [-0.39, 0.29) is 10.2 Å². The van der Waals surface area contributed by atoms with Gasteiger partial charge < -0.3 is 5.73 Å². The Morgan fingerprint density at radius 2 is 2.00 bits per heavy atom. The Hall–Kier alpha value is -1.19. The van der Waals surface area contributed by atoms with Crippen molar-refractivity contribution in [3.63, 3.8) is 0 Å². The van der Waals surface area contributed by atoms with E-state index in [0.717, 1.165) is 12.1 Å². The van der Waals surface area contributed by atoms with Crippen molar-refractivity contribution in [1.82, 2.24) is 0 Å². The lowest BCUT2D eigenvalue weighted by Gasteiger charge is -2.03. The molecule has 0 radical (unpaired) electrons. The molecule has 15 heavy (non-hydrogen) atoms. The molecule has 0 fully saturated rings. The zero-order chi connectivity index (χ0) is 11.8. The molecule has 0 saturated carbocycles. The normalized spacial score (nSPS) is 11.3. The Labute approximate surface area is 92.9 Å². The van der Waals surface area contributed by atoms with Crippen molar-refractivity contribution in [2.75, 3.05) is 5.73 Å². The third-order valence-corrected chi connectivity index (χ3v) is 3.33. The second kappa shape index (κ2) is 3.76. The van der Waals surface area contributed by atoms with Crippen LogP contribution in [-0.2, 0) is 10.1 Å². The van der Waals surface area contributed by atoms with Gasteiger partial charge in [-0.25, -0.2) is 0 Å². The summed E-state index contributed by atoms with van der Waals surface area (Å²) in [7, 11) is -4.67. The highest BCUT2D eigenvalue weighted by Crippen LogP contribution is 2.33. The van der Waals surface area contributed by atoms with E-state index in [0.29, 0.717) is 0 Å². The third-order valence-electron chi connectivity index (χ3n) is 1.50. The zero-order valence-electron chi connectivity index (χ0n) is 7.05. The predicted octanol–water partition coefficient (Wildman–Crippen LogP) is 1.19. The SMILES string of the molecule is Nc1cc(Br)c(S(=O)(=O)O)c([N+](=O)[O-])c1. The van der Waals surface area contributed by atoms with Crippen LogP contribution in [0.2, 0.25) is 0 Å². The molecule has 7 nitrogen and oxygen atoms in total. The van der Waals surface area contributed by atoms with E-state index in [1.807, 2.05) is 0 Å². The standard InChI is InChI=1S/C6H5BrN2O5S/c7-4-1-3(8)2-5(9(10)11)6(4)15(12,13)14/h1-2H,8H2,(H,12,13,14). The molecule has 82 valence electrons. The Morgan fingerprint density at radius 3 is 2.40 bits per heavy atom. The Bertz CT molecular complexity index is 527. The third kappa shape index (κ3) is 2.43. The minimum absolute atomic E-state index is 0.0148. The highest BCUT2D eigenvalue weighted by Gasteiger charge is 2.27. The fraction of sp³-hybridized carbons (Fsp3) is 0. The van der Waals surface area contributed by atoms with Gasteiger partial charge in [0.25, 0.3) is 5.69 Å². The Morgan fingerprint density at radius 1 is 1.47 bits per heavy atom. The van der Waals surface area contributed by atoms with Crippen LogP contribution in [0.25, 0.3) is 0 Å². The number of nitrogen functional groups attached to an aromatic ring is 1. The monoisotopic (exact) mass is 296 g/mol. The van der Waals surface area contributed by atoms with Crippen molar-refractivity contribution < 1.29 is 17.9 Å². The lowest BCUT2D eigenvalue weighted by Crippen LogP contribution is -2.05. The number of nitro benzene ring substituents is 1. The van der Waals surface area contributed by atoms with Crippen LogP contribution < -0.4 is 5.73 Å². The highest BCUT2D eigenvalue weighted by atomic mass is 79.9. The van der Waals surface area contributed by atoms with E-state index >= 15 is 0 Å². The van der Waals surface area contributed by atoms with Gasteiger partial charge >= 0.3 is 10.1 Å². The maximum atomic E-state index is 10.9. The van der Waals surface area contributed by atoms with E-state index in [2.05, 4.69) is 15.9 Å². The molecule has 0 bridgehead atoms. The van der Waals surface area contributed by atoms with Gasteiger partial charge in [-0.1, -0.05) is 0 Å². The summed E-state index contributed by atoms with van der Waals surface area (Å²) >= 11 is 2.78. The molecule has 0 aliphatic heterocycles. The van der Waals surface area contributed by atoms with Gasteiger partial charge in [-0.3, -0.25) is 14.7 Å². The number of nitro groups is 1. The Balaban J connectivity index is 3.70. The van der Waals surface area contributed by atoms with Crippen molar-refractivity contribution in [2.24, 2.45) is 0 Å². The number of hydrogen-bond donors (Lipinski definition) is 2. The van der Waals surface area contributed by atoms with Crippen LogP contribution >= 0.6 is 15.9 Å². The average Bonchev–Trinajstić information content (AvgIpc) is 1.99. The van der Waals surface area contributed by atoms with Crippen molar-refractivity contribution >= 4 is 37.4 Å². The summed E-state index contributed by atoms with van der Waals surface area (Å²) in [6.07, 6.45) is 0. The molecule has 9 heteroatoms. The molecule has 0 saturated heterocycles. The van der Waals surface area contributed by atoms with Gasteiger partial charge in [0.2, 0.25) is 0 Å². The molecular formula is C6H5BrN2O5S. The summed E-state index contributed by atoms with van der Waals surface area (Å²) in [4.78, 5) is 8.78. The largest absolute Gasteiger partial charge is 0.398 e. The highest BCUT2D eigenvalue weighted by molar-refractivity contribution is 9.10. The van der Waals surface area contributed by atoms with Crippen LogP contribution in [0.4, 0.5) is 11.4 Å². The fourth-order valence-corrected chi connectivity index (χ4v) is 2.77. The van der Waals surface area contributed by atoms with Crippen molar-refractivity contribution in [3.8, 4) is 0 Å². The molecule has 1 aromatic rings.